The van der Waals surface area contributed by atoms with Gasteiger partial charge in [0, 0.05) is 17.1 Å². The summed E-state index contributed by atoms with van der Waals surface area (Å²) in [6.45, 7) is 2.22. The van der Waals surface area contributed by atoms with E-state index in [4.69, 9.17) is 4.74 Å². The molecule has 2 aromatic carbocycles. The maximum Gasteiger partial charge on any atom is 0.288 e. The van der Waals surface area contributed by atoms with Crippen molar-refractivity contribution < 1.29 is 23.1 Å². The van der Waals surface area contributed by atoms with E-state index in [1.54, 1.807) is 24.3 Å². The number of hydrogen-bond donors (Lipinski definition) is 2. The van der Waals surface area contributed by atoms with Crippen LogP contribution in [0.4, 0.5) is 14.5 Å². The molecule has 156 valence electrons. The fourth-order valence-electron chi connectivity index (χ4n) is 2.29. The molecule has 0 bridgehead atoms. The molecule has 2 N–H and O–H groups in total. The summed E-state index contributed by atoms with van der Waals surface area (Å²) in [6.07, 6.45) is 1.41. The topological polar surface area (TPSA) is 91.2 Å². The molecule has 6 nitrogen and oxygen atoms in total. The number of carbonyl (C=O) groups is 2. The molecule has 0 saturated carbocycles. The van der Waals surface area contributed by atoms with Crippen molar-refractivity contribution in [3.05, 3.63) is 59.7 Å². The van der Waals surface area contributed by atoms with Crippen molar-refractivity contribution in [2.75, 3.05) is 18.5 Å². The van der Waals surface area contributed by atoms with Crippen LogP contribution in [-0.4, -0.2) is 30.7 Å². The van der Waals surface area contributed by atoms with Gasteiger partial charge in [-0.15, -0.1) is 0 Å². The Balaban J connectivity index is 1.99. The van der Waals surface area contributed by atoms with Crippen LogP contribution in [0.3, 0.4) is 0 Å². The number of carbonyl (C=O) groups excluding carboxylic acids is 2. The lowest BCUT2D eigenvalue weighted by molar-refractivity contribution is -0.123. The van der Waals surface area contributed by atoms with Crippen molar-refractivity contribution in [3.8, 4) is 11.8 Å². The zero-order valence-corrected chi connectivity index (χ0v) is 16.8. The minimum absolute atomic E-state index is 0.108. The molecule has 0 unspecified atom stereocenters. The Bertz CT molecular complexity index is 939. The van der Waals surface area contributed by atoms with Crippen LogP contribution in [-0.2, 0) is 9.59 Å². The molecule has 0 fully saturated rings. The number of alkyl halides is 2. The lowest BCUT2D eigenvalue weighted by Crippen LogP contribution is -2.28. The predicted molar refractivity (Wildman–Crippen MR) is 111 cm³/mol. The summed E-state index contributed by atoms with van der Waals surface area (Å²) in [5, 5.41) is 14.5. The Labute approximate surface area is 176 Å². The Kier molecular flexibility index (Phi) is 8.84. The summed E-state index contributed by atoms with van der Waals surface area (Å²) < 4.78 is 30.0. The number of thioether (sulfide) groups is 1. The first-order chi connectivity index (χ1) is 14.4. The number of hydrogen-bond acceptors (Lipinski definition) is 5. The van der Waals surface area contributed by atoms with Crippen molar-refractivity contribution in [3.63, 3.8) is 0 Å². The number of rotatable bonds is 9. The quantitative estimate of drug-likeness (QED) is 0.355. The lowest BCUT2D eigenvalue weighted by Gasteiger charge is -2.07. The third-order valence-electron chi connectivity index (χ3n) is 3.64. The maximum atomic E-state index is 12.3. The summed E-state index contributed by atoms with van der Waals surface area (Å²) in [6, 6.07) is 14.3. The van der Waals surface area contributed by atoms with Gasteiger partial charge in [0.25, 0.3) is 17.6 Å². The van der Waals surface area contributed by atoms with Crippen molar-refractivity contribution in [1.82, 2.24) is 5.32 Å². The van der Waals surface area contributed by atoms with Crippen LogP contribution in [0, 0.1) is 11.3 Å². The second-order valence-corrected chi connectivity index (χ2v) is 6.90. The molecule has 0 radical (unpaired) electrons. The fourth-order valence-corrected chi connectivity index (χ4v) is 2.79. The van der Waals surface area contributed by atoms with Gasteiger partial charge in [-0.05, 0) is 55.0 Å². The average molecular weight is 431 g/mol. The summed E-state index contributed by atoms with van der Waals surface area (Å²) in [5.41, 5.74) is 0.849. The standard InChI is InChI=1S/C21H19F2N3O3S/c1-2-25-19(27)13-29-17-7-3-14(4-8-17)11-15(12-24)20(28)26-16-5-9-18(10-6-16)30-21(22)23/h3-11,21H,2,13H2,1H3,(H,25,27)(H,26,28)/b15-11-. The van der Waals surface area contributed by atoms with E-state index in [-0.39, 0.29) is 18.1 Å². The number of nitriles is 1. The summed E-state index contributed by atoms with van der Waals surface area (Å²) >= 11 is 0.405. The minimum atomic E-state index is -2.52. The largest absolute Gasteiger partial charge is 0.484 e. The summed E-state index contributed by atoms with van der Waals surface area (Å²) in [5.74, 6) is -2.90. The van der Waals surface area contributed by atoms with E-state index in [2.05, 4.69) is 10.6 Å². The van der Waals surface area contributed by atoms with Gasteiger partial charge in [-0.25, -0.2) is 0 Å². The van der Waals surface area contributed by atoms with Gasteiger partial charge in [0.1, 0.15) is 17.4 Å². The van der Waals surface area contributed by atoms with Gasteiger partial charge in [-0.2, -0.15) is 14.0 Å². The first-order valence-electron chi connectivity index (χ1n) is 8.89. The van der Waals surface area contributed by atoms with Crippen molar-refractivity contribution in [2.45, 2.75) is 17.6 Å². The Morgan fingerprint density at radius 1 is 1.17 bits per heavy atom. The molecular formula is C21H19F2N3O3S. The molecule has 2 aromatic rings. The van der Waals surface area contributed by atoms with Crippen LogP contribution in [0.5, 0.6) is 5.75 Å². The molecule has 9 heteroatoms. The third kappa shape index (κ3) is 7.56. The van der Waals surface area contributed by atoms with Crippen LogP contribution < -0.4 is 15.4 Å². The van der Waals surface area contributed by atoms with Gasteiger partial charge in [0.2, 0.25) is 0 Å². The van der Waals surface area contributed by atoms with Crippen LogP contribution in [0.25, 0.3) is 6.08 Å². The van der Waals surface area contributed by atoms with Crippen LogP contribution in [0.1, 0.15) is 12.5 Å². The SMILES string of the molecule is CCNC(=O)COc1ccc(/C=C(/C#N)C(=O)Nc2ccc(SC(F)F)cc2)cc1. The molecule has 0 aliphatic heterocycles. The number of nitrogens with zero attached hydrogens (tertiary/aromatic N) is 1. The molecule has 2 rings (SSSR count). The smallest absolute Gasteiger partial charge is 0.288 e. The number of ether oxygens (including phenoxy) is 1. The number of nitrogens with one attached hydrogen (secondary N) is 2. The molecule has 0 atom stereocenters. The zero-order chi connectivity index (χ0) is 21.9. The fraction of sp³-hybridized carbons (Fsp3) is 0.190. The number of halogens is 2. The first-order valence-corrected chi connectivity index (χ1v) is 9.76. The molecule has 0 heterocycles. The highest BCUT2D eigenvalue weighted by Crippen LogP contribution is 2.26. The van der Waals surface area contributed by atoms with Crippen molar-refractivity contribution in [1.29, 1.82) is 5.26 Å². The van der Waals surface area contributed by atoms with Gasteiger partial charge < -0.3 is 15.4 Å². The highest BCUT2D eigenvalue weighted by atomic mass is 32.2. The molecule has 0 spiro atoms. The van der Waals surface area contributed by atoms with E-state index < -0.39 is 11.7 Å². The normalized spacial score (nSPS) is 11.0. The summed E-state index contributed by atoms with van der Waals surface area (Å²) in [4.78, 5) is 24.1. The monoisotopic (exact) mass is 431 g/mol. The Morgan fingerprint density at radius 2 is 1.83 bits per heavy atom. The maximum absolute atomic E-state index is 12.3. The summed E-state index contributed by atoms with van der Waals surface area (Å²) in [7, 11) is 0. The van der Waals surface area contributed by atoms with E-state index >= 15 is 0 Å². The number of amides is 2. The third-order valence-corrected chi connectivity index (χ3v) is 4.36. The highest BCUT2D eigenvalue weighted by molar-refractivity contribution is 7.99. The van der Waals surface area contributed by atoms with Crippen molar-refractivity contribution >= 4 is 35.3 Å². The van der Waals surface area contributed by atoms with Crippen LogP contribution >= 0.6 is 11.8 Å². The Hall–Kier alpha value is -3.38. The molecule has 0 aromatic heterocycles. The van der Waals surface area contributed by atoms with E-state index in [0.29, 0.717) is 40.2 Å². The average Bonchev–Trinajstić information content (AvgIpc) is 2.72. The zero-order valence-electron chi connectivity index (χ0n) is 16.0. The minimum Gasteiger partial charge on any atom is -0.484 e. The van der Waals surface area contributed by atoms with Crippen LogP contribution in [0.2, 0.25) is 0 Å². The van der Waals surface area contributed by atoms with E-state index in [9.17, 15) is 23.6 Å². The molecule has 0 aliphatic rings. The van der Waals surface area contributed by atoms with E-state index in [1.807, 2.05) is 13.0 Å². The molecule has 0 aliphatic carbocycles. The number of likely N-dealkylation sites (N-methyl/N-ethyl adjacent to an activating group) is 1. The second kappa shape index (κ2) is 11.6. The van der Waals surface area contributed by atoms with Crippen LogP contribution in [0.15, 0.2) is 59.0 Å². The van der Waals surface area contributed by atoms with Gasteiger partial charge in [0.05, 0.1) is 0 Å². The van der Waals surface area contributed by atoms with Crippen molar-refractivity contribution in [2.24, 2.45) is 0 Å². The van der Waals surface area contributed by atoms with Gasteiger partial charge in [-0.3, -0.25) is 9.59 Å². The van der Waals surface area contributed by atoms with E-state index in [0.717, 1.165) is 0 Å². The number of anilines is 1. The molecule has 30 heavy (non-hydrogen) atoms. The number of benzene rings is 2. The highest BCUT2D eigenvalue weighted by Gasteiger charge is 2.11. The Morgan fingerprint density at radius 3 is 2.40 bits per heavy atom. The first kappa shape index (κ1) is 22.9. The predicted octanol–water partition coefficient (Wildman–Crippen LogP) is 4.06. The molecule has 0 saturated heterocycles. The molecule has 2 amide bonds. The van der Waals surface area contributed by atoms with E-state index in [1.165, 1.54) is 30.3 Å². The molecular weight excluding hydrogens is 412 g/mol. The van der Waals surface area contributed by atoms with Gasteiger partial charge >= 0.3 is 0 Å². The second-order valence-electron chi connectivity index (χ2n) is 5.84. The lowest BCUT2D eigenvalue weighted by atomic mass is 10.1. The van der Waals surface area contributed by atoms with Gasteiger partial charge in [-0.1, -0.05) is 23.9 Å². The van der Waals surface area contributed by atoms with Gasteiger partial charge in [0.15, 0.2) is 6.61 Å².